The van der Waals surface area contributed by atoms with Crippen LogP contribution in [0.5, 0.6) is 11.5 Å². The molecule has 0 saturated carbocycles. The summed E-state index contributed by atoms with van der Waals surface area (Å²) in [6.45, 7) is 9.03. The van der Waals surface area contributed by atoms with Crippen LogP contribution in [0.15, 0.2) is 34.3 Å². The second kappa shape index (κ2) is 18.7. The summed E-state index contributed by atoms with van der Waals surface area (Å²) in [5, 5.41) is 12.8. The number of ether oxygens (including phenoxy) is 2. The van der Waals surface area contributed by atoms with Crippen LogP contribution in [0.3, 0.4) is 0 Å². The maximum Gasteiger partial charge on any atom is 2.00 e. The molecule has 2 N–H and O–H groups in total. The first kappa shape index (κ1) is 39.0. The molecule has 0 aromatic heterocycles. The molecule has 2 saturated heterocycles. The Kier molecular flexibility index (Phi) is 16.2. The van der Waals surface area contributed by atoms with E-state index in [0.29, 0.717) is 37.2 Å². The van der Waals surface area contributed by atoms with Gasteiger partial charge in [-0.15, -0.1) is 0 Å². The summed E-state index contributed by atoms with van der Waals surface area (Å²) in [4.78, 5) is 56.3. The Morgan fingerprint density at radius 3 is 1.36 bits per heavy atom. The number of nitrogens with one attached hydrogen (secondary N) is 2. The first-order chi connectivity index (χ1) is 20.5. The van der Waals surface area contributed by atoms with Gasteiger partial charge in [-0.3, -0.25) is 29.2 Å². The number of nitrogens with zero attached hydrogens (tertiary/aromatic N) is 3. The monoisotopic (exact) mass is 709 g/mol. The molecule has 12 heteroatoms. The third-order valence-corrected chi connectivity index (χ3v) is 6.93. The fourth-order valence-electron chi connectivity index (χ4n) is 4.84. The van der Waals surface area contributed by atoms with E-state index in [2.05, 4.69) is 20.6 Å². The summed E-state index contributed by atoms with van der Waals surface area (Å²) in [5.41, 5.74) is 5.13. The van der Waals surface area contributed by atoms with Crippen molar-refractivity contribution in [1.29, 1.82) is 0 Å². The summed E-state index contributed by atoms with van der Waals surface area (Å²) in [6, 6.07) is 6.38. The van der Waals surface area contributed by atoms with Gasteiger partial charge >= 0.3 is 20.4 Å². The van der Waals surface area contributed by atoms with Gasteiger partial charge in [0.2, 0.25) is 11.8 Å². The van der Waals surface area contributed by atoms with Crippen LogP contribution in [0.1, 0.15) is 54.9 Å². The number of carbonyl (C=O) groups excluding carboxylic acids is 4. The molecule has 0 radical (unpaired) electrons. The molecule has 0 aliphatic carbocycles. The normalized spacial score (nSPS) is 17.0. The molecule has 2 aromatic carbocycles. The van der Waals surface area contributed by atoms with Crippen molar-refractivity contribution < 1.29 is 49.1 Å². The third kappa shape index (κ3) is 11.5. The number of benzene rings is 2. The Bertz CT molecular complexity index is 1300. The second-order valence-corrected chi connectivity index (χ2v) is 10.5. The molecule has 45 heavy (non-hydrogen) atoms. The number of hydrogen-bond acceptors (Lipinski definition) is 8. The predicted molar refractivity (Wildman–Crippen MR) is 173 cm³/mol. The number of hydrogen-bond donors (Lipinski definition) is 2. The maximum atomic E-state index is 12.3. The third-order valence-electron chi connectivity index (χ3n) is 6.93. The van der Waals surface area contributed by atoms with Gasteiger partial charge in [-0.2, -0.15) is 0 Å². The number of Topliss-reactive ketones (excluding diaryl/α,β-unsaturated/α-hetero) is 2. The molecule has 244 valence electrons. The second-order valence-electron chi connectivity index (χ2n) is 10.5. The molecule has 2 unspecified atom stereocenters. The summed E-state index contributed by atoms with van der Waals surface area (Å²) < 4.78 is 11.4. The zero-order valence-electron chi connectivity index (χ0n) is 26.5. The zero-order chi connectivity index (χ0) is 31.5. The molecule has 2 aliphatic rings. The smallest absolute Gasteiger partial charge is 0.814 e. The molecule has 0 bridgehead atoms. The summed E-state index contributed by atoms with van der Waals surface area (Å²) in [5.74, 6) is 0.655. The molecular formula is C33H41N5O6Pd. The van der Waals surface area contributed by atoms with Crippen molar-refractivity contribution in [3.63, 3.8) is 0 Å². The number of amides is 2. The topological polar surface area (TPSA) is 158 Å². The van der Waals surface area contributed by atoms with E-state index in [-0.39, 0.29) is 64.4 Å². The van der Waals surface area contributed by atoms with Crippen molar-refractivity contribution in [2.45, 2.75) is 72.4 Å². The van der Waals surface area contributed by atoms with E-state index in [9.17, 15) is 19.2 Å². The molecule has 2 amide bonds. The predicted octanol–water partition coefficient (Wildman–Crippen LogP) is 4.57. The van der Waals surface area contributed by atoms with Crippen molar-refractivity contribution in [3.8, 4) is 11.5 Å². The van der Waals surface area contributed by atoms with E-state index in [4.69, 9.17) is 14.9 Å². The molecule has 0 spiro atoms. The van der Waals surface area contributed by atoms with Crippen molar-refractivity contribution in [3.05, 3.63) is 59.4 Å². The number of aliphatic imine (C=N–C) groups is 2. The summed E-state index contributed by atoms with van der Waals surface area (Å²) in [6.07, 6.45) is 6.01. The van der Waals surface area contributed by atoms with Crippen LogP contribution in [0.2, 0.25) is 0 Å². The van der Waals surface area contributed by atoms with Crippen molar-refractivity contribution >= 4 is 53.4 Å². The minimum atomic E-state index is -0.467. The minimum absolute atomic E-state index is 0. The first-order valence-corrected chi connectivity index (χ1v) is 14.1. The van der Waals surface area contributed by atoms with E-state index in [1.807, 2.05) is 52.0 Å². The average Bonchev–Trinajstić information content (AvgIpc) is 3.59. The van der Waals surface area contributed by atoms with Crippen LogP contribution < -0.4 is 20.1 Å². The molecule has 2 heterocycles. The quantitative estimate of drug-likeness (QED) is 0.198. The van der Waals surface area contributed by atoms with Crippen molar-refractivity contribution in [2.75, 3.05) is 13.2 Å². The number of ketones is 2. The van der Waals surface area contributed by atoms with Gasteiger partial charge in [-0.05, 0) is 87.1 Å². The standard InChI is InChI=1S/C30H34N4O6.C2H4N.CH3.Pd/c1-17-11-21(39-15-25(35)23-5-7-27(37)33-23)12-18(2)29(17)31-9-10-32-30-19(3)13-22(14-20(30)4)40-16-26(36)24-6-8-28(38)34-24;1-2-3;;/h9-14,23-24H,5-8,15-16H2,1-4H3,(H,33,37)(H,34,38);2H,1H3;1H3;/q;2*-1;+2. The van der Waals surface area contributed by atoms with Crippen LogP contribution in [-0.4, -0.2) is 67.3 Å². The number of aryl methyl sites for hydroxylation is 4. The molecule has 4 rings (SSSR count). The van der Waals surface area contributed by atoms with Crippen LogP contribution >= 0.6 is 0 Å². The fourth-order valence-corrected chi connectivity index (χ4v) is 4.84. The van der Waals surface area contributed by atoms with Crippen molar-refractivity contribution in [1.82, 2.24) is 10.6 Å². The van der Waals surface area contributed by atoms with Gasteiger partial charge in [-0.1, -0.05) is 6.92 Å². The van der Waals surface area contributed by atoms with E-state index < -0.39 is 12.1 Å². The zero-order valence-corrected chi connectivity index (χ0v) is 28.1. The van der Waals surface area contributed by atoms with E-state index in [1.165, 1.54) is 0 Å². The average molecular weight is 710 g/mol. The number of carbonyl (C=O) groups is 4. The Labute approximate surface area is 278 Å². The van der Waals surface area contributed by atoms with E-state index in [0.717, 1.165) is 39.8 Å². The first-order valence-electron chi connectivity index (χ1n) is 14.1. The van der Waals surface area contributed by atoms with Gasteiger partial charge in [-0.25, -0.2) is 6.21 Å². The Morgan fingerprint density at radius 2 is 1.09 bits per heavy atom. The van der Waals surface area contributed by atoms with Crippen molar-refractivity contribution in [2.24, 2.45) is 9.98 Å². The Morgan fingerprint density at radius 1 is 0.778 bits per heavy atom. The van der Waals surface area contributed by atoms with Gasteiger partial charge in [0.15, 0.2) is 11.6 Å². The molecule has 2 aliphatic heterocycles. The van der Waals surface area contributed by atoms with Gasteiger partial charge in [0, 0.05) is 25.3 Å². The number of rotatable bonds is 11. The largest absolute Gasteiger partial charge is 2.00 e. The van der Waals surface area contributed by atoms with Gasteiger partial charge in [0.05, 0.1) is 23.5 Å². The molecular weight excluding hydrogens is 669 g/mol. The SMILES string of the molecule is CC=[N-].Cc1cc(OCC(=O)C2CCC(=O)N2)cc(C)c1N=CC=Nc1c(C)cc(OCC(=O)C2CCC(=O)N2)cc1C.[CH3-].[Pd+2]. The van der Waals surface area contributed by atoms with E-state index in [1.54, 1.807) is 19.4 Å². The van der Waals surface area contributed by atoms with Crippen LogP contribution in [-0.2, 0) is 39.6 Å². The fraction of sp³-hybridized carbons (Fsp3) is 0.394. The van der Waals surface area contributed by atoms with Gasteiger partial charge in [0.1, 0.15) is 24.7 Å². The summed E-state index contributed by atoms with van der Waals surface area (Å²) in [7, 11) is 0. The molecule has 2 aromatic rings. The Hall–Kier alpha value is -4.01. The maximum absolute atomic E-state index is 12.3. The summed E-state index contributed by atoms with van der Waals surface area (Å²) >= 11 is 0. The Balaban J connectivity index is 0.00000195. The molecule has 11 nitrogen and oxygen atoms in total. The van der Waals surface area contributed by atoms with Crippen LogP contribution in [0, 0.1) is 35.1 Å². The molecule has 2 fully saturated rings. The molecule has 2 atom stereocenters. The van der Waals surface area contributed by atoms with Gasteiger partial charge in [0.25, 0.3) is 0 Å². The minimum Gasteiger partial charge on any atom is -0.814 e. The van der Waals surface area contributed by atoms with Crippen LogP contribution in [0.25, 0.3) is 5.41 Å². The van der Waals surface area contributed by atoms with E-state index >= 15 is 0 Å². The van der Waals surface area contributed by atoms with Crippen LogP contribution in [0.4, 0.5) is 11.4 Å². The van der Waals surface area contributed by atoms with Gasteiger partial charge < -0.3 is 32.9 Å².